The van der Waals surface area contributed by atoms with Crippen LogP contribution in [0.2, 0.25) is 0 Å². The molecule has 5 rings (SSSR count). The standard InChI is InChI=1S/C28H38N6O3/c1-20(35)33-10-6-23(7-11-33)31(2)24-15-25-27(37)30-28(16-26(36)34(25)19-24)8-12-32(13-9-28)18-22-5-3-4-21(14-22)17-29/h3-5,14,23-25H,6-13,15-16,18-19H2,1-2H3,(H,30,37)/t24-,25-/m0/s1. The van der Waals surface area contributed by atoms with Gasteiger partial charge < -0.3 is 15.1 Å². The molecule has 9 heteroatoms. The molecule has 4 aliphatic rings. The number of nitriles is 1. The van der Waals surface area contributed by atoms with Crippen molar-refractivity contribution in [3.05, 3.63) is 35.4 Å². The molecule has 4 saturated heterocycles. The maximum absolute atomic E-state index is 13.4. The lowest BCUT2D eigenvalue weighted by molar-refractivity contribution is -0.136. The summed E-state index contributed by atoms with van der Waals surface area (Å²) in [6.07, 6.45) is 4.39. The summed E-state index contributed by atoms with van der Waals surface area (Å²) in [5.41, 5.74) is 1.31. The van der Waals surface area contributed by atoms with Crippen molar-refractivity contribution in [2.45, 2.75) is 75.7 Å². The monoisotopic (exact) mass is 506 g/mol. The van der Waals surface area contributed by atoms with Gasteiger partial charge in [-0.15, -0.1) is 0 Å². The number of hydrogen-bond acceptors (Lipinski definition) is 6. The normalized spacial score (nSPS) is 26.6. The average molecular weight is 507 g/mol. The predicted molar refractivity (Wildman–Crippen MR) is 138 cm³/mol. The van der Waals surface area contributed by atoms with Crippen LogP contribution in [0.3, 0.4) is 0 Å². The zero-order valence-corrected chi connectivity index (χ0v) is 22.0. The summed E-state index contributed by atoms with van der Waals surface area (Å²) < 4.78 is 0. The van der Waals surface area contributed by atoms with Gasteiger partial charge >= 0.3 is 0 Å². The van der Waals surface area contributed by atoms with Gasteiger partial charge in [-0.3, -0.25) is 24.2 Å². The number of nitrogens with zero attached hydrogens (tertiary/aromatic N) is 5. The second kappa shape index (κ2) is 10.4. The van der Waals surface area contributed by atoms with E-state index >= 15 is 0 Å². The largest absolute Gasteiger partial charge is 0.348 e. The van der Waals surface area contributed by atoms with Crippen LogP contribution < -0.4 is 5.32 Å². The fourth-order valence-corrected chi connectivity index (χ4v) is 6.74. The van der Waals surface area contributed by atoms with Crippen LogP contribution in [0.5, 0.6) is 0 Å². The second-order valence-electron chi connectivity index (χ2n) is 11.4. The maximum Gasteiger partial charge on any atom is 0.243 e. The molecule has 4 heterocycles. The third-order valence-electron chi connectivity index (χ3n) is 9.12. The van der Waals surface area contributed by atoms with Crippen LogP contribution in [-0.4, -0.2) is 101 Å². The Balaban J connectivity index is 1.17. The molecule has 0 unspecified atom stereocenters. The Morgan fingerprint density at radius 1 is 1.16 bits per heavy atom. The van der Waals surface area contributed by atoms with Gasteiger partial charge in [0.15, 0.2) is 0 Å². The van der Waals surface area contributed by atoms with Crippen LogP contribution in [0.25, 0.3) is 0 Å². The Morgan fingerprint density at radius 3 is 2.57 bits per heavy atom. The van der Waals surface area contributed by atoms with Gasteiger partial charge in [0.05, 0.1) is 23.6 Å². The van der Waals surface area contributed by atoms with E-state index in [0.717, 1.165) is 64.0 Å². The molecule has 1 spiro atoms. The first-order valence-electron chi connectivity index (χ1n) is 13.6. The Bertz CT molecular complexity index is 1060. The number of carbonyl (C=O) groups excluding carboxylic acids is 3. The topological polar surface area (TPSA) is 100.0 Å². The summed E-state index contributed by atoms with van der Waals surface area (Å²) >= 11 is 0. The van der Waals surface area contributed by atoms with Crippen LogP contribution in [0.4, 0.5) is 0 Å². The minimum Gasteiger partial charge on any atom is -0.348 e. The molecule has 4 aliphatic heterocycles. The number of benzene rings is 1. The van der Waals surface area contributed by atoms with Crippen molar-refractivity contribution in [1.82, 2.24) is 24.9 Å². The van der Waals surface area contributed by atoms with Crippen molar-refractivity contribution < 1.29 is 14.4 Å². The van der Waals surface area contributed by atoms with E-state index in [9.17, 15) is 14.4 Å². The van der Waals surface area contributed by atoms with Gasteiger partial charge in [-0.2, -0.15) is 5.26 Å². The number of carbonyl (C=O) groups is 3. The van der Waals surface area contributed by atoms with Crippen LogP contribution in [-0.2, 0) is 20.9 Å². The van der Waals surface area contributed by atoms with Crippen molar-refractivity contribution >= 4 is 17.7 Å². The van der Waals surface area contributed by atoms with E-state index < -0.39 is 11.6 Å². The molecule has 1 N–H and O–H groups in total. The van der Waals surface area contributed by atoms with E-state index in [2.05, 4.69) is 28.2 Å². The highest BCUT2D eigenvalue weighted by molar-refractivity contribution is 5.92. The molecule has 0 aromatic heterocycles. The van der Waals surface area contributed by atoms with Gasteiger partial charge in [0.25, 0.3) is 0 Å². The van der Waals surface area contributed by atoms with Gasteiger partial charge in [-0.25, -0.2) is 0 Å². The quantitative estimate of drug-likeness (QED) is 0.661. The van der Waals surface area contributed by atoms with Crippen molar-refractivity contribution in [1.29, 1.82) is 5.26 Å². The number of likely N-dealkylation sites (N-methyl/N-ethyl adjacent to an activating group) is 1. The number of nitrogens with one attached hydrogen (secondary N) is 1. The van der Waals surface area contributed by atoms with Crippen molar-refractivity contribution in [2.75, 3.05) is 39.8 Å². The third-order valence-corrected chi connectivity index (χ3v) is 9.12. The molecule has 4 fully saturated rings. The summed E-state index contributed by atoms with van der Waals surface area (Å²) in [7, 11) is 2.11. The zero-order valence-electron chi connectivity index (χ0n) is 22.0. The van der Waals surface area contributed by atoms with Crippen molar-refractivity contribution in [3.63, 3.8) is 0 Å². The summed E-state index contributed by atoms with van der Waals surface area (Å²) in [4.78, 5) is 46.9. The Hall–Kier alpha value is -2.96. The zero-order chi connectivity index (χ0) is 26.2. The van der Waals surface area contributed by atoms with E-state index in [1.807, 2.05) is 34.1 Å². The number of likely N-dealkylation sites (tertiary alicyclic amines) is 2. The summed E-state index contributed by atoms with van der Waals surface area (Å²) in [5, 5.41) is 12.5. The molecule has 37 heavy (non-hydrogen) atoms. The van der Waals surface area contributed by atoms with Gasteiger partial charge in [-0.1, -0.05) is 12.1 Å². The van der Waals surface area contributed by atoms with Crippen LogP contribution in [0.1, 0.15) is 56.6 Å². The predicted octanol–water partition coefficient (Wildman–Crippen LogP) is 1.32. The Kier molecular flexibility index (Phi) is 7.24. The first kappa shape index (κ1) is 25.7. The Labute approximate surface area is 219 Å². The van der Waals surface area contributed by atoms with Gasteiger partial charge in [0.2, 0.25) is 17.7 Å². The summed E-state index contributed by atoms with van der Waals surface area (Å²) in [6, 6.07) is 10.0. The Morgan fingerprint density at radius 2 is 1.89 bits per heavy atom. The molecule has 1 aromatic rings. The molecule has 0 radical (unpaired) electrons. The smallest absolute Gasteiger partial charge is 0.243 e. The molecule has 9 nitrogen and oxygen atoms in total. The van der Waals surface area contributed by atoms with Gasteiger partial charge in [0, 0.05) is 58.3 Å². The number of piperidine rings is 2. The highest BCUT2D eigenvalue weighted by Crippen LogP contribution is 2.34. The number of fused-ring (bicyclic) bond motifs is 1. The minimum absolute atomic E-state index is 0.0108. The van der Waals surface area contributed by atoms with E-state index in [-0.39, 0.29) is 23.8 Å². The maximum atomic E-state index is 13.4. The summed E-state index contributed by atoms with van der Waals surface area (Å²) in [6.45, 7) is 6.13. The molecule has 3 amide bonds. The molecular weight excluding hydrogens is 468 g/mol. The van der Waals surface area contributed by atoms with E-state index in [1.165, 1.54) is 0 Å². The first-order chi connectivity index (χ1) is 17.8. The fourth-order valence-electron chi connectivity index (χ4n) is 6.74. The highest BCUT2D eigenvalue weighted by Gasteiger charge is 2.49. The number of hydrogen-bond donors (Lipinski definition) is 1. The van der Waals surface area contributed by atoms with Gasteiger partial charge in [-0.05, 0) is 56.8 Å². The molecule has 0 saturated carbocycles. The van der Waals surface area contributed by atoms with E-state index in [4.69, 9.17) is 5.26 Å². The number of rotatable bonds is 4. The molecule has 2 atom stereocenters. The molecule has 198 valence electrons. The van der Waals surface area contributed by atoms with Crippen LogP contribution in [0.15, 0.2) is 24.3 Å². The van der Waals surface area contributed by atoms with E-state index in [0.29, 0.717) is 31.0 Å². The molecular formula is C28H38N6O3. The lowest BCUT2D eigenvalue weighted by Crippen LogP contribution is -2.56. The number of amides is 3. The lowest BCUT2D eigenvalue weighted by atomic mass is 9.83. The first-order valence-corrected chi connectivity index (χ1v) is 13.6. The third kappa shape index (κ3) is 5.36. The fraction of sp³-hybridized carbons (Fsp3) is 0.643. The van der Waals surface area contributed by atoms with Crippen molar-refractivity contribution in [2.24, 2.45) is 0 Å². The molecule has 1 aromatic carbocycles. The van der Waals surface area contributed by atoms with Crippen LogP contribution in [0, 0.1) is 11.3 Å². The SMILES string of the molecule is CC(=O)N1CCC(N(C)[C@H]2C[C@H]3C(=O)NC4(CCN(Cc5cccc(C#N)c5)CC4)CC(=O)N3C2)CC1. The second-order valence-corrected chi connectivity index (χ2v) is 11.4. The van der Waals surface area contributed by atoms with Crippen molar-refractivity contribution in [3.8, 4) is 6.07 Å². The highest BCUT2D eigenvalue weighted by atomic mass is 16.2. The lowest BCUT2D eigenvalue weighted by Gasteiger charge is -2.41. The average Bonchev–Trinajstić information content (AvgIpc) is 3.33. The minimum atomic E-state index is -0.468. The molecule has 0 aliphatic carbocycles. The summed E-state index contributed by atoms with van der Waals surface area (Å²) in [5.74, 6) is 0.203. The van der Waals surface area contributed by atoms with Gasteiger partial charge in [0.1, 0.15) is 6.04 Å². The van der Waals surface area contributed by atoms with E-state index in [1.54, 1.807) is 6.92 Å². The molecule has 0 bridgehead atoms. The van der Waals surface area contributed by atoms with Crippen LogP contribution >= 0.6 is 0 Å².